The maximum atomic E-state index is 13.5. The highest BCUT2D eigenvalue weighted by Crippen LogP contribution is 2.26. The zero-order valence-corrected chi connectivity index (χ0v) is 20.7. The van der Waals surface area contributed by atoms with Gasteiger partial charge in [-0.25, -0.2) is 9.67 Å². The predicted molar refractivity (Wildman–Crippen MR) is 132 cm³/mol. The van der Waals surface area contributed by atoms with Gasteiger partial charge in [-0.1, -0.05) is 26.0 Å². The molecule has 1 N–H and O–H groups in total. The number of ether oxygens (including phenoxy) is 2. The third-order valence-corrected chi connectivity index (χ3v) is 6.35. The molecule has 2 aromatic heterocycles. The average molecular weight is 466 g/mol. The molecule has 3 heterocycles. The maximum absolute atomic E-state index is 13.5. The van der Waals surface area contributed by atoms with Gasteiger partial charge in [0.1, 0.15) is 5.75 Å². The Bertz CT molecular complexity index is 1120. The van der Waals surface area contributed by atoms with Crippen molar-refractivity contribution >= 4 is 16.9 Å². The van der Waals surface area contributed by atoms with E-state index in [1.807, 2.05) is 22.9 Å². The van der Waals surface area contributed by atoms with E-state index in [2.05, 4.69) is 55.1 Å². The lowest BCUT2D eigenvalue weighted by molar-refractivity contribution is 0.0162. The molecule has 1 aromatic carbocycles. The summed E-state index contributed by atoms with van der Waals surface area (Å²) >= 11 is 0. The third-order valence-electron chi connectivity index (χ3n) is 6.35. The average Bonchev–Trinajstić information content (AvgIpc) is 3.29. The zero-order valence-electron chi connectivity index (χ0n) is 20.7. The number of methoxy groups -OCH3 is 1. The SMILES string of the molecule is COc1ccc([C@H](CNC(=O)c2cc(C(C)C)nc3c2cnn3C(C)C)N2CCOCC2)cc1. The van der Waals surface area contributed by atoms with Crippen molar-refractivity contribution in [2.75, 3.05) is 40.0 Å². The molecule has 34 heavy (non-hydrogen) atoms. The van der Waals surface area contributed by atoms with Crippen molar-refractivity contribution in [1.29, 1.82) is 0 Å². The van der Waals surface area contributed by atoms with Crippen LogP contribution in [0.25, 0.3) is 11.0 Å². The molecule has 0 saturated carbocycles. The molecular weight excluding hydrogens is 430 g/mol. The molecule has 8 heteroatoms. The topological polar surface area (TPSA) is 81.5 Å². The molecule has 1 atom stereocenters. The van der Waals surface area contributed by atoms with Crippen molar-refractivity contribution in [2.45, 2.75) is 45.7 Å². The van der Waals surface area contributed by atoms with E-state index in [-0.39, 0.29) is 23.9 Å². The lowest BCUT2D eigenvalue weighted by Gasteiger charge is -2.35. The normalized spacial score (nSPS) is 15.7. The Morgan fingerprint density at radius 3 is 2.47 bits per heavy atom. The Morgan fingerprint density at radius 1 is 1.15 bits per heavy atom. The van der Waals surface area contributed by atoms with Crippen molar-refractivity contribution < 1.29 is 14.3 Å². The summed E-state index contributed by atoms with van der Waals surface area (Å²) in [5.74, 6) is 0.910. The van der Waals surface area contributed by atoms with E-state index in [0.29, 0.717) is 25.3 Å². The standard InChI is InChI=1S/C26H35N5O3/c1-17(2)23-14-21(22-15-28-31(18(3)4)25(22)29-23)26(32)27-16-24(30-10-12-34-13-11-30)19-6-8-20(33-5)9-7-19/h6-9,14-15,17-18,24H,10-13,16H2,1-5H3,(H,27,32)/t24-/m0/s1. The van der Waals surface area contributed by atoms with Gasteiger partial charge in [0, 0.05) is 31.4 Å². The first-order valence-corrected chi connectivity index (χ1v) is 12.0. The molecule has 182 valence electrons. The van der Waals surface area contributed by atoms with E-state index in [0.717, 1.165) is 41.1 Å². The van der Waals surface area contributed by atoms with Crippen LogP contribution in [0.15, 0.2) is 36.5 Å². The highest BCUT2D eigenvalue weighted by atomic mass is 16.5. The van der Waals surface area contributed by atoms with Gasteiger partial charge in [0.15, 0.2) is 5.65 Å². The van der Waals surface area contributed by atoms with Crippen LogP contribution in [0.4, 0.5) is 0 Å². The maximum Gasteiger partial charge on any atom is 0.252 e. The van der Waals surface area contributed by atoms with E-state index in [1.54, 1.807) is 13.3 Å². The van der Waals surface area contributed by atoms with E-state index in [9.17, 15) is 4.79 Å². The fraction of sp³-hybridized carbons (Fsp3) is 0.500. The molecule has 4 rings (SSSR count). The highest BCUT2D eigenvalue weighted by Gasteiger charge is 2.25. The number of pyridine rings is 1. The number of aromatic nitrogens is 3. The van der Waals surface area contributed by atoms with Crippen LogP contribution < -0.4 is 10.1 Å². The minimum absolute atomic E-state index is 0.0408. The van der Waals surface area contributed by atoms with Crippen LogP contribution in [-0.4, -0.2) is 65.5 Å². The summed E-state index contributed by atoms with van der Waals surface area (Å²) in [6, 6.07) is 10.2. The number of nitrogens with one attached hydrogen (secondary N) is 1. The number of nitrogens with zero attached hydrogens (tertiary/aromatic N) is 4. The number of amides is 1. The van der Waals surface area contributed by atoms with E-state index < -0.39 is 0 Å². The van der Waals surface area contributed by atoms with Gasteiger partial charge in [0.2, 0.25) is 0 Å². The molecule has 1 aliphatic rings. The van der Waals surface area contributed by atoms with Crippen LogP contribution in [0.1, 0.15) is 67.3 Å². The second-order valence-electron chi connectivity index (χ2n) is 9.32. The quantitative estimate of drug-likeness (QED) is 0.543. The van der Waals surface area contributed by atoms with Crippen molar-refractivity contribution in [3.63, 3.8) is 0 Å². The lowest BCUT2D eigenvalue weighted by atomic mass is 10.0. The number of rotatable bonds is 8. The Balaban J connectivity index is 1.62. The molecule has 1 fully saturated rings. The molecule has 0 unspecified atom stereocenters. The smallest absolute Gasteiger partial charge is 0.252 e. The van der Waals surface area contributed by atoms with E-state index in [4.69, 9.17) is 14.5 Å². The first-order valence-electron chi connectivity index (χ1n) is 12.0. The van der Waals surface area contributed by atoms with Crippen molar-refractivity contribution in [2.24, 2.45) is 0 Å². The fourth-order valence-corrected chi connectivity index (χ4v) is 4.36. The first-order chi connectivity index (χ1) is 16.4. The fourth-order valence-electron chi connectivity index (χ4n) is 4.36. The Morgan fingerprint density at radius 2 is 1.85 bits per heavy atom. The van der Waals surface area contributed by atoms with Gasteiger partial charge in [-0.05, 0) is 43.5 Å². The minimum atomic E-state index is -0.107. The Hall–Kier alpha value is -2.97. The van der Waals surface area contributed by atoms with Crippen LogP contribution >= 0.6 is 0 Å². The summed E-state index contributed by atoms with van der Waals surface area (Å²) in [7, 11) is 1.66. The number of carbonyl (C=O) groups is 1. The summed E-state index contributed by atoms with van der Waals surface area (Å²) in [5.41, 5.74) is 3.40. The van der Waals surface area contributed by atoms with Gasteiger partial charge in [0.05, 0.1) is 43.5 Å². The number of hydrogen-bond donors (Lipinski definition) is 1. The number of hydrogen-bond acceptors (Lipinski definition) is 6. The van der Waals surface area contributed by atoms with Gasteiger partial charge in [0.25, 0.3) is 5.91 Å². The second kappa shape index (κ2) is 10.5. The van der Waals surface area contributed by atoms with Crippen LogP contribution in [0.2, 0.25) is 0 Å². The largest absolute Gasteiger partial charge is 0.497 e. The van der Waals surface area contributed by atoms with Crippen molar-refractivity contribution in [3.8, 4) is 5.75 Å². The monoisotopic (exact) mass is 465 g/mol. The third kappa shape index (κ3) is 5.08. The van der Waals surface area contributed by atoms with Gasteiger partial charge in [-0.15, -0.1) is 0 Å². The van der Waals surface area contributed by atoms with Crippen LogP contribution in [0.5, 0.6) is 5.75 Å². The summed E-state index contributed by atoms with van der Waals surface area (Å²) in [6.07, 6.45) is 1.75. The van der Waals surface area contributed by atoms with Crippen LogP contribution in [0, 0.1) is 0 Å². The molecule has 0 aliphatic carbocycles. The molecule has 0 spiro atoms. The molecular formula is C26H35N5O3. The minimum Gasteiger partial charge on any atom is -0.497 e. The summed E-state index contributed by atoms with van der Waals surface area (Å²) in [6.45, 7) is 11.8. The van der Waals surface area contributed by atoms with Crippen molar-refractivity contribution in [3.05, 3.63) is 53.3 Å². The second-order valence-corrected chi connectivity index (χ2v) is 9.32. The summed E-state index contributed by atoms with van der Waals surface area (Å²) in [5, 5.41) is 8.49. The van der Waals surface area contributed by atoms with Gasteiger partial charge < -0.3 is 14.8 Å². The molecule has 3 aromatic rings. The lowest BCUT2D eigenvalue weighted by Crippen LogP contribution is -2.43. The zero-order chi connectivity index (χ0) is 24.2. The molecule has 1 aliphatic heterocycles. The van der Waals surface area contributed by atoms with Crippen molar-refractivity contribution in [1.82, 2.24) is 25.0 Å². The van der Waals surface area contributed by atoms with Crippen LogP contribution in [0.3, 0.4) is 0 Å². The van der Waals surface area contributed by atoms with E-state index in [1.165, 1.54) is 0 Å². The Labute approximate surface area is 201 Å². The number of carbonyl (C=O) groups excluding carboxylic acids is 1. The van der Waals surface area contributed by atoms with Gasteiger partial charge in [-0.2, -0.15) is 5.10 Å². The van der Waals surface area contributed by atoms with Crippen LogP contribution in [-0.2, 0) is 4.74 Å². The predicted octanol–water partition coefficient (Wildman–Crippen LogP) is 3.95. The molecule has 8 nitrogen and oxygen atoms in total. The Kier molecular flexibility index (Phi) is 7.48. The number of benzene rings is 1. The van der Waals surface area contributed by atoms with E-state index >= 15 is 0 Å². The van der Waals surface area contributed by atoms with Gasteiger partial charge >= 0.3 is 0 Å². The molecule has 0 bridgehead atoms. The highest BCUT2D eigenvalue weighted by molar-refractivity contribution is 6.05. The number of fused-ring (bicyclic) bond motifs is 1. The summed E-state index contributed by atoms with van der Waals surface area (Å²) < 4.78 is 12.8. The first kappa shape index (κ1) is 24.2. The van der Waals surface area contributed by atoms with Gasteiger partial charge in [-0.3, -0.25) is 9.69 Å². The number of morpholine rings is 1. The molecule has 1 amide bonds. The molecule has 1 saturated heterocycles. The summed E-state index contributed by atoms with van der Waals surface area (Å²) in [4.78, 5) is 20.7. The molecule has 0 radical (unpaired) electrons.